The van der Waals surface area contributed by atoms with Crippen molar-refractivity contribution in [3.63, 3.8) is 0 Å². The molecule has 0 aliphatic heterocycles. The average Bonchev–Trinajstić information content (AvgIpc) is 3.00. The van der Waals surface area contributed by atoms with E-state index >= 15 is 0 Å². The fourth-order valence-corrected chi connectivity index (χ4v) is 2.57. The summed E-state index contributed by atoms with van der Waals surface area (Å²) in [5.41, 5.74) is 6.73. The van der Waals surface area contributed by atoms with Crippen LogP contribution in [0.3, 0.4) is 0 Å². The van der Waals surface area contributed by atoms with Crippen molar-refractivity contribution in [3.8, 4) is 11.4 Å². The first kappa shape index (κ1) is 11.3. The maximum absolute atomic E-state index is 5.93. The monoisotopic (exact) mass is 246 g/mol. The molecule has 96 valence electrons. The molecule has 1 fully saturated rings. The molecule has 0 spiro atoms. The lowest BCUT2D eigenvalue weighted by atomic mass is 9.89. The Bertz CT molecular complexity index is 535. The van der Waals surface area contributed by atoms with E-state index in [0.717, 1.165) is 11.4 Å². The van der Waals surface area contributed by atoms with E-state index in [2.05, 4.69) is 20.3 Å². The van der Waals surface area contributed by atoms with Crippen molar-refractivity contribution in [3.05, 3.63) is 12.0 Å². The minimum Gasteiger partial charge on any atom is -0.383 e. The largest absolute Gasteiger partial charge is 0.383 e. The zero-order chi connectivity index (χ0) is 12.5. The lowest BCUT2D eigenvalue weighted by Crippen LogP contribution is -2.06. The number of hydrogen-bond acceptors (Lipinski definition) is 4. The molecular weight excluding hydrogens is 228 g/mol. The third kappa shape index (κ3) is 1.87. The number of rotatable bonds is 2. The molecule has 1 saturated carbocycles. The van der Waals surface area contributed by atoms with Crippen molar-refractivity contribution in [2.75, 3.05) is 5.73 Å². The summed E-state index contributed by atoms with van der Waals surface area (Å²) in [6, 6.07) is 0. The highest BCUT2D eigenvalue weighted by Crippen LogP contribution is 2.31. The normalized spacial score (nSPS) is 17.2. The van der Waals surface area contributed by atoms with Crippen LogP contribution in [-0.4, -0.2) is 25.0 Å². The number of anilines is 1. The molecule has 0 unspecified atom stereocenters. The van der Waals surface area contributed by atoms with Crippen LogP contribution in [0.4, 0.5) is 5.82 Å². The second kappa shape index (κ2) is 4.44. The average molecular weight is 246 g/mol. The molecule has 2 heterocycles. The van der Waals surface area contributed by atoms with E-state index in [1.807, 2.05) is 7.05 Å². The first-order chi connectivity index (χ1) is 8.75. The van der Waals surface area contributed by atoms with E-state index in [1.54, 1.807) is 10.9 Å². The van der Waals surface area contributed by atoms with E-state index in [0.29, 0.717) is 17.6 Å². The van der Waals surface area contributed by atoms with Gasteiger partial charge in [-0.05, 0) is 12.8 Å². The lowest BCUT2D eigenvalue weighted by Gasteiger charge is -2.18. The number of nitrogens with zero attached hydrogens (tertiary/aromatic N) is 4. The van der Waals surface area contributed by atoms with Crippen molar-refractivity contribution >= 4 is 5.82 Å². The van der Waals surface area contributed by atoms with Gasteiger partial charge in [0.15, 0.2) is 5.82 Å². The van der Waals surface area contributed by atoms with Gasteiger partial charge in [-0.15, -0.1) is 0 Å². The quantitative estimate of drug-likeness (QED) is 0.846. The molecule has 0 saturated heterocycles. The van der Waals surface area contributed by atoms with Crippen LogP contribution in [0.15, 0.2) is 6.20 Å². The van der Waals surface area contributed by atoms with E-state index in [4.69, 9.17) is 5.73 Å². The fourth-order valence-electron chi connectivity index (χ4n) is 2.57. The molecule has 3 rings (SSSR count). The molecule has 2 aromatic rings. The maximum Gasteiger partial charge on any atom is 0.186 e. The van der Waals surface area contributed by atoms with Crippen LogP contribution in [0, 0.1) is 0 Å². The predicted octanol–water partition coefficient (Wildman–Crippen LogP) is 1.84. The van der Waals surface area contributed by atoms with Gasteiger partial charge in [-0.3, -0.25) is 9.78 Å². The number of nitrogen functional groups attached to an aromatic ring is 1. The van der Waals surface area contributed by atoms with Crippen molar-refractivity contribution in [1.29, 1.82) is 0 Å². The molecule has 0 amide bonds. The molecular formula is C12H18N6. The Kier molecular flexibility index (Phi) is 2.77. The SMILES string of the molecule is Cn1ncc(-c2n[nH]c(C3CCCCC3)n2)c1N. The molecule has 6 nitrogen and oxygen atoms in total. The Balaban J connectivity index is 1.87. The van der Waals surface area contributed by atoms with Gasteiger partial charge in [0.05, 0.1) is 11.8 Å². The Morgan fingerprint density at radius 2 is 2.11 bits per heavy atom. The first-order valence-corrected chi connectivity index (χ1v) is 6.46. The first-order valence-electron chi connectivity index (χ1n) is 6.46. The summed E-state index contributed by atoms with van der Waals surface area (Å²) in [4.78, 5) is 4.58. The van der Waals surface area contributed by atoms with E-state index in [1.165, 1.54) is 32.1 Å². The van der Waals surface area contributed by atoms with Crippen LogP contribution in [0.25, 0.3) is 11.4 Å². The van der Waals surface area contributed by atoms with Crippen LogP contribution in [0.1, 0.15) is 43.8 Å². The van der Waals surface area contributed by atoms with Gasteiger partial charge in [0.25, 0.3) is 0 Å². The minimum atomic E-state index is 0.526. The van der Waals surface area contributed by atoms with Crippen LogP contribution in [0.2, 0.25) is 0 Å². The highest BCUT2D eigenvalue weighted by molar-refractivity contribution is 5.67. The summed E-state index contributed by atoms with van der Waals surface area (Å²) >= 11 is 0. The van der Waals surface area contributed by atoms with Crippen molar-refractivity contribution < 1.29 is 0 Å². The molecule has 0 radical (unpaired) electrons. The molecule has 0 atom stereocenters. The smallest absolute Gasteiger partial charge is 0.186 e. The van der Waals surface area contributed by atoms with Gasteiger partial charge in [-0.2, -0.15) is 10.2 Å². The van der Waals surface area contributed by atoms with E-state index < -0.39 is 0 Å². The third-order valence-electron chi connectivity index (χ3n) is 3.72. The number of aromatic nitrogens is 5. The van der Waals surface area contributed by atoms with Gasteiger partial charge in [0.1, 0.15) is 11.6 Å². The van der Waals surface area contributed by atoms with Gasteiger partial charge in [-0.25, -0.2) is 4.98 Å². The standard InChI is InChI=1S/C12H18N6/c1-18-10(13)9(7-14-18)12-15-11(16-17-12)8-5-3-2-4-6-8/h7-8H,2-6,13H2,1H3,(H,15,16,17). The van der Waals surface area contributed by atoms with Crippen LogP contribution in [0.5, 0.6) is 0 Å². The van der Waals surface area contributed by atoms with Gasteiger partial charge in [0.2, 0.25) is 0 Å². The molecule has 1 aliphatic carbocycles. The predicted molar refractivity (Wildman–Crippen MR) is 68.8 cm³/mol. The highest BCUT2D eigenvalue weighted by atomic mass is 15.3. The number of aromatic amines is 1. The van der Waals surface area contributed by atoms with Gasteiger partial charge in [-0.1, -0.05) is 19.3 Å². The van der Waals surface area contributed by atoms with Crippen LogP contribution < -0.4 is 5.73 Å². The summed E-state index contributed by atoms with van der Waals surface area (Å²) in [5, 5.41) is 11.4. The topological polar surface area (TPSA) is 85.4 Å². The molecule has 3 N–H and O–H groups in total. The molecule has 2 aromatic heterocycles. The van der Waals surface area contributed by atoms with Crippen molar-refractivity contribution in [2.24, 2.45) is 7.05 Å². The molecule has 6 heteroatoms. The van der Waals surface area contributed by atoms with E-state index in [9.17, 15) is 0 Å². The molecule has 0 aromatic carbocycles. The number of hydrogen-bond donors (Lipinski definition) is 2. The zero-order valence-corrected chi connectivity index (χ0v) is 10.6. The van der Waals surface area contributed by atoms with Crippen molar-refractivity contribution in [1.82, 2.24) is 25.0 Å². The summed E-state index contributed by atoms with van der Waals surface area (Å²) in [5.74, 6) is 2.77. The zero-order valence-electron chi connectivity index (χ0n) is 10.6. The Morgan fingerprint density at radius 3 is 2.78 bits per heavy atom. The van der Waals surface area contributed by atoms with Crippen molar-refractivity contribution in [2.45, 2.75) is 38.0 Å². The third-order valence-corrected chi connectivity index (χ3v) is 3.72. The lowest BCUT2D eigenvalue weighted by molar-refractivity contribution is 0.429. The summed E-state index contributed by atoms with van der Waals surface area (Å²) < 4.78 is 1.63. The number of aryl methyl sites for hydroxylation is 1. The Morgan fingerprint density at radius 1 is 1.33 bits per heavy atom. The number of nitrogens with two attached hydrogens (primary N) is 1. The van der Waals surface area contributed by atoms with Gasteiger partial charge in [0, 0.05) is 13.0 Å². The summed E-state index contributed by atoms with van der Waals surface area (Å²) in [7, 11) is 1.81. The second-order valence-corrected chi connectivity index (χ2v) is 4.95. The van der Waals surface area contributed by atoms with Gasteiger partial charge >= 0.3 is 0 Å². The highest BCUT2D eigenvalue weighted by Gasteiger charge is 2.20. The Hall–Kier alpha value is -1.85. The fraction of sp³-hybridized carbons (Fsp3) is 0.583. The summed E-state index contributed by atoms with van der Waals surface area (Å²) in [6.45, 7) is 0. The summed E-state index contributed by atoms with van der Waals surface area (Å²) in [6.07, 6.45) is 8.04. The molecule has 18 heavy (non-hydrogen) atoms. The molecule has 0 bridgehead atoms. The van der Waals surface area contributed by atoms with Crippen LogP contribution in [-0.2, 0) is 7.05 Å². The minimum absolute atomic E-state index is 0.526. The molecule has 1 aliphatic rings. The van der Waals surface area contributed by atoms with E-state index in [-0.39, 0.29) is 0 Å². The van der Waals surface area contributed by atoms with Crippen LogP contribution >= 0.6 is 0 Å². The maximum atomic E-state index is 5.93. The van der Waals surface area contributed by atoms with Gasteiger partial charge < -0.3 is 5.73 Å². The Labute approximate surface area is 106 Å². The number of nitrogens with one attached hydrogen (secondary N) is 1. The second-order valence-electron chi connectivity index (χ2n) is 4.95. The number of H-pyrrole nitrogens is 1.